The van der Waals surface area contributed by atoms with Crippen LogP contribution in [0.4, 0.5) is 0 Å². The van der Waals surface area contributed by atoms with Gasteiger partial charge in [0.2, 0.25) is 0 Å². The molecule has 0 heterocycles. The highest BCUT2D eigenvalue weighted by Gasteiger charge is 2.26. The van der Waals surface area contributed by atoms with E-state index in [9.17, 15) is 19.4 Å². The Bertz CT molecular complexity index is 1140. The summed E-state index contributed by atoms with van der Waals surface area (Å²) in [6.45, 7) is 3.28. The number of hydrogen-bond acceptors (Lipinski definition) is 8. The van der Waals surface area contributed by atoms with Crippen molar-refractivity contribution in [2.75, 3.05) is 33.0 Å². The maximum atomic E-state index is 12.6. The van der Waals surface area contributed by atoms with Crippen molar-refractivity contribution >= 4 is 13.8 Å². The Labute approximate surface area is 341 Å². The molecule has 56 heavy (non-hydrogen) atoms. The predicted octanol–water partition coefficient (Wildman–Crippen LogP) is 11.9. The van der Waals surface area contributed by atoms with E-state index in [0.717, 1.165) is 83.5 Å². The van der Waals surface area contributed by atoms with Crippen molar-refractivity contribution in [1.82, 2.24) is 0 Å². The van der Waals surface area contributed by atoms with Gasteiger partial charge in [-0.2, -0.15) is 0 Å². The van der Waals surface area contributed by atoms with Crippen molar-refractivity contribution in [2.24, 2.45) is 0 Å². The largest absolute Gasteiger partial charge is 0.472 e. The van der Waals surface area contributed by atoms with E-state index in [0.29, 0.717) is 13.0 Å². The summed E-state index contributed by atoms with van der Waals surface area (Å²) in [7, 11) is -4.54. The molecule has 322 valence electrons. The van der Waals surface area contributed by atoms with Crippen LogP contribution in [0, 0.1) is 0 Å². The van der Waals surface area contributed by atoms with Gasteiger partial charge in [-0.05, 0) is 89.9 Å². The normalized spacial score (nSPS) is 14.9. The van der Waals surface area contributed by atoms with Crippen molar-refractivity contribution < 1.29 is 43.0 Å². The lowest BCUT2D eigenvalue weighted by Gasteiger charge is -2.20. The lowest BCUT2D eigenvalue weighted by molar-refractivity contribution is -0.154. The van der Waals surface area contributed by atoms with Gasteiger partial charge >= 0.3 is 13.8 Å². The maximum absolute atomic E-state index is 12.6. The Morgan fingerprint density at radius 2 is 1.02 bits per heavy atom. The van der Waals surface area contributed by atoms with Crippen LogP contribution in [0.15, 0.2) is 85.1 Å². The maximum Gasteiger partial charge on any atom is 0.472 e. The molecule has 0 radical (unpaired) electrons. The third-order valence-corrected chi connectivity index (χ3v) is 9.52. The summed E-state index contributed by atoms with van der Waals surface area (Å²) in [5, 5.41) is 18.3. The molecule has 0 fully saturated rings. The van der Waals surface area contributed by atoms with Gasteiger partial charge in [-0.15, -0.1) is 0 Å². The van der Waals surface area contributed by atoms with Crippen molar-refractivity contribution in [3.8, 4) is 0 Å². The second-order valence-corrected chi connectivity index (χ2v) is 15.4. The molecule has 9 nitrogen and oxygen atoms in total. The van der Waals surface area contributed by atoms with Gasteiger partial charge in [0, 0.05) is 13.0 Å². The quantitative estimate of drug-likeness (QED) is 0.0240. The summed E-state index contributed by atoms with van der Waals surface area (Å²) >= 11 is 0. The Balaban J connectivity index is 4.29. The smallest absolute Gasteiger partial charge is 0.457 e. The SMILES string of the molecule is CC/C=C\C/C=C\C/C=C\C/C=C\C/C=C\CCCCCC(=O)OC(COCCCCCCCC/C=C\C/C=C\CCCCC)COP(=O)(O)OCC(O)CO. The van der Waals surface area contributed by atoms with E-state index >= 15 is 0 Å². The lowest BCUT2D eigenvalue weighted by atomic mass is 10.1. The standard InChI is InChI=1S/C46H79O9P/c1-3-5-7-9-11-13-15-17-19-21-22-23-24-26-28-30-32-34-36-38-46(49)55-45(43-54-56(50,51)53-41-44(48)40-47)42-52-39-37-35-33-31-29-27-25-20-18-16-14-12-10-8-6-4-2/h5,7,11-14,17-20,22-23,26,28,44-45,47-48H,3-4,6,8-10,15-16,21,24-25,27,29-43H2,1-2H3,(H,50,51)/b7-5-,13-11-,14-12-,19-17-,20-18-,23-22-,28-26-. The summed E-state index contributed by atoms with van der Waals surface area (Å²) in [6, 6.07) is 0. The van der Waals surface area contributed by atoms with Crippen LogP contribution in [0.5, 0.6) is 0 Å². The summed E-state index contributed by atoms with van der Waals surface area (Å²) in [6.07, 6.45) is 51.1. The highest BCUT2D eigenvalue weighted by atomic mass is 31.2. The third-order valence-electron chi connectivity index (χ3n) is 8.56. The van der Waals surface area contributed by atoms with Gasteiger partial charge in [0.05, 0.1) is 26.4 Å². The Morgan fingerprint density at radius 3 is 1.54 bits per heavy atom. The third kappa shape index (κ3) is 41.3. The minimum absolute atomic E-state index is 0.0232. The van der Waals surface area contributed by atoms with E-state index in [1.165, 1.54) is 44.9 Å². The average Bonchev–Trinajstić information content (AvgIpc) is 3.19. The second kappa shape index (κ2) is 42.3. The Morgan fingerprint density at radius 1 is 0.571 bits per heavy atom. The Hall–Kier alpha value is -2.36. The molecule has 0 bridgehead atoms. The molecule has 0 spiro atoms. The first kappa shape index (κ1) is 53.6. The van der Waals surface area contributed by atoms with Crippen LogP contribution in [-0.4, -0.2) is 66.3 Å². The van der Waals surface area contributed by atoms with E-state index < -0.39 is 45.8 Å². The van der Waals surface area contributed by atoms with E-state index in [1.54, 1.807) is 0 Å². The first-order valence-electron chi connectivity index (χ1n) is 21.6. The van der Waals surface area contributed by atoms with Gasteiger partial charge in [-0.3, -0.25) is 13.8 Å². The van der Waals surface area contributed by atoms with Crippen LogP contribution in [0.3, 0.4) is 0 Å². The summed E-state index contributed by atoms with van der Waals surface area (Å²) in [5.74, 6) is -0.421. The summed E-state index contributed by atoms with van der Waals surface area (Å²) in [4.78, 5) is 22.6. The first-order chi connectivity index (χ1) is 27.3. The fourth-order valence-corrected chi connectivity index (χ4v) is 6.08. The number of rotatable bonds is 40. The topological polar surface area (TPSA) is 132 Å². The molecule has 3 atom stereocenters. The number of ether oxygens (including phenoxy) is 2. The summed E-state index contributed by atoms with van der Waals surface area (Å²) < 4.78 is 33.3. The van der Waals surface area contributed by atoms with Gasteiger partial charge in [0.25, 0.3) is 0 Å². The number of phosphoric ester groups is 1. The molecule has 0 saturated heterocycles. The molecule has 0 rings (SSSR count). The van der Waals surface area contributed by atoms with Crippen molar-refractivity contribution in [3.05, 3.63) is 85.1 Å². The molecule has 0 aliphatic rings. The zero-order valence-corrected chi connectivity index (χ0v) is 36.0. The molecule has 0 aromatic rings. The van der Waals surface area contributed by atoms with E-state index in [4.69, 9.17) is 23.6 Å². The predicted molar refractivity (Wildman–Crippen MR) is 232 cm³/mol. The number of hydrogen-bond donors (Lipinski definition) is 3. The van der Waals surface area contributed by atoms with Crippen LogP contribution in [0.2, 0.25) is 0 Å². The Kier molecular flexibility index (Phi) is 40.5. The monoisotopic (exact) mass is 807 g/mol. The minimum atomic E-state index is -4.54. The fraction of sp³-hybridized carbons (Fsp3) is 0.674. The molecule has 0 aromatic heterocycles. The van der Waals surface area contributed by atoms with E-state index in [2.05, 4.69) is 98.9 Å². The van der Waals surface area contributed by atoms with Crippen LogP contribution >= 0.6 is 7.82 Å². The molecule has 3 N–H and O–H groups in total. The van der Waals surface area contributed by atoms with Crippen molar-refractivity contribution in [3.63, 3.8) is 0 Å². The number of aliphatic hydroxyl groups excluding tert-OH is 2. The number of allylic oxidation sites excluding steroid dienone is 14. The molecule has 0 aliphatic carbocycles. The van der Waals surface area contributed by atoms with E-state index in [1.807, 2.05) is 0 Å². The van der Waals surface area contributed by atoms with Crippen LogP contribution in [0.25, 0.3) is 0 Å². The lowest BCUT2D eigenvalue weighted by Crippen LogP contribution is -2.29. The van der Waals surface area contributed by atoms with E-state index in [-0.39, 0.29) is 13.0 Å². The summed E-state index contributed by atoms with van der Waals surface area (Å²) in [5.41, 5.74) is 0. The molecular weight excluding hydrogens is 727 g/mol. The first-order valence-corrected chi connectivity index (χ1v) is 23.1. The molecule has 0 amide bonds. The average molecular weight is 807 g/mol. The van der Waals surface area contributed by atoms with Gasteiger partial charge in [-0.25, -0.2) is 4.57 Å². The molecule has 3 unspecified atom stereocenters. The zero-order valence-electron chi connectivity index (χ0n) is 35.1. The molecule has 0 saturated carbocycles. The number of aliphatic hydroxyl groups is 2. The van der Waals surface area contributed by atoms with Crippen LogP contribution in [-0.2, 0) is 27.9 Å². The number of esters is 1. The van der Waals surface area contributed by atoms with Gasteiger partial charge in [0.1, 0.15) is 12.2 Å². The number of carbonyl (C=O) groups excluding carboxylic acids is 1. The minimum Gasteiger partial charge on any atom is -0.457 e. The molecule has 10 heteroatoms. The highest BCUT2D eigenvalue weighted by molar-refractivity contribution is 7.47. The number of phosphoric acid groups is 1. The van der Waals surface area contributed by atoms with Crippen LogP contribution < -0.4 is 0 Å². The van der Waals surface area contributed by atoms with Gasteiger partial charge < -0.3 is 24.6 Å². The van der Waals surface area contributed by atoms with Crippen LogP contribution in [0.1, 0.15) is 155 Å². The highest BCUT2D eigenvalue weighted by Crippen LogP contribution is 2.43. The fourth-order valence-electron chi connectivity index (χ4n) is 5.29. The van der Waals surface area contributed by atoms with Gasteiger partial charge in [-0.1, -0.05) is 144 Å². The number of unbranched alkanes of at least 4 members (excludes halogenated alkanes) is 12. The zero-order chi connectivity index (χ0) is 41.1. The molecule has 0 aromatic carbocycles. The molecule has 0 aliphatic heterocycles. The van der Waals surface area contributed by atoms with Crippen molar-refractivity contribution in [2.45, 2.75) is 167 Å². The molecular formula is C46H79O9P. The second-order valence-electron chi connectivity index (χ2n) is 14.0. The number of carbonyl (C=O) groups is 1. The van der Waals surface area contributed by atoms with Gasteiger partial charge in [0.15, 0.2) is 0 Å². The van der Waals surface area contributed by atoms with Crippen molar-refractivity contribution in [1.29, 1.82) is 0 Å².